The van der Waals surface area contributed by atoms with Crippen molar-refractivity contribution in [1.82, 2.24) is 14.8 Å². The number of hydrogen-bond donors (Lipinski definition) is 1. The molecule has 2 atom stereocenters. The smallest absolute Gasteiger partial charge is 0.0599 e. The standard InChI is InChI=1S/C13H21N3O/c1-11-7-15(2)9-13(10-17)16(11)8-12-5-3-4-6-14-12/h3-6,11,13,17H,7-10H2,1-2H3. The van der Waals surface area contributed by atoms with Crippen LogP contribution in [0.3, 0.4) is 0 Å². The van der Waals surface area contributed by atoms with Crippen molar-refractivity contribution in [3.8, 4) is 0 Å². The summed E-state index contributed by atoms with van der Waals surface area (Å²) in [5.74, 6) is 0. The van der Waals surface area contributed by atoms with Crippen molar-refractivity contribution in [1.29, 1.82) is 0 Å². The summed E-state index contributed by atoms with van der Waals surface area (Å²) < 4.78 is 0. The number of rotatable bonds is 3. The highest BCUT2D eigenvalue weighted by Crippen LogP contribution is 2.17. The molecule has 2 rings (SSSR count). The van der Waals surface area contributed by atoms with Crippen LogP contribution in [0.25, 0.3) is 0 Å². The molecule has 0 aliphatic carbocycles. The van der Waals surface area contributed by atoms with Crippen LogP contribution in [0.5, 0.6) is 0 Å². The second kappa shape index (κ2) is 5.58. The Bertz CT molecular complexity index is 344. The first-order valence-electron chi connectivity index (χ1n) is 6.15. The molecule has 17 heavy (non-hydrogen) atoms. The summed E-state index contributed by atoms with van der Waals surface area (Å²) >= 11 is 0. The minimum atomic E-state index is 0.210. The van der Waals surface area contributed by atoms with Gasteiger partial charge < -0.3 is 10.0 Å². The van der Waals surface area contributed by atoms with Crippen LogP contribution in [0, 0.1) is 0 Å². The van der Waals surface area contributed by atoms with E-state index in [0.29, 0.717) is 6.04 Å². The van der Waals surface area contributed by atoms with Gasteiger partial charge in [-0.15, -0.1) is 0 Å². The molecule has 1 fully saturated rings. The number of likely N-dealkylation sites (N-methyl/N-ethyl adjacent to an activating group) is 1. The quantitative estimate of drug-likeness (QED) is 0.832. The van der Waals surface area contributed by atoms with Gasteiger partial charge in [0.15, 0.2) is 0 Å². The molecular weight excluding hydrogens is 214 g/mol. The molecule has 0 spiro atoms. The molecule has 94 valence electrons. The summed E-state index contributed by atoms with van der Waals surface area (Å²) in [5, 5.41) is 9.49. The fourth-order valence-electron chi connectivity index (χ4n) is 2.58. The van der Waals surface area contributed by atoms with Crippen molar-refractivity contribution in [3.05, 3.63) is 30.1 Å². The van der Waals surface area contributed by atoms with E-state index in [9.17, 15) is 5.11 Å². The molecule has 0 aromatic carbocycles. The lowest BCUT2D eigenvalue weighted by Gasteiger charge is -2.43. The summed E-state index contributed by atoms with van der Waals surface area (Å²) in [5.41, 5.74) is 1.07. The molecular formula is C13H21N3O. The second-order valence-corrected chi connectivity index (χ2v) is 4.90. The van der Waals surface area contributed by atoms with E-state index >= 15 is 0 Å². The molecule has 0 amide bonds. The summed E-state index contributed by atoms with van der Waals surface area (Å²) in [6, 6.07) is 6.65. The Morgan fingerprint density at radius 1 is 1.41 bits per heavy atom. The monoisotopic (exact) mass is 235 g/mol. The normalized spacial score (nSPS) is 27.2. The van der Waals surface area contributed by atoms with Gasteiger partial charge in [-0.2, -0.15) is 0 Å². The summed E-state index contributed by atoms with van der Waals surface area (Å²) in [4.78, 5) is 8.99. The molecule has 4 heteroatoms. The molecule has 1 aliphatic heterocycles. The van der Waals surface area contributed by atoms with E-state index in [1.807, 2.05) is 24.4 Å². The molecule has 1 saturated heterocycles. The first-order chi connectivity index (χ1) is 8.20. The largest absolute Gasteiger partial charge is 0.395 e. The van der Waals surface area contributed by atoms with E-state index < -0.39 is 0 Å². The summed E-state index contributed by atoms with van der Waals surface area (Å²) in [6.45, 7) is 5.21. The Balaban J connectivity index is 2.07. The Morgan fingerprint density at radius 2 is 2.24 bits per heavy atom. The average Bonchev–Trinajstić information content (AvgIpc) is 2.33. The van der Waals surface area contributed by atoms with E-state index in [1.54, 1.807) is 0 Å². The van der Waals surface area contributed by atoms with E-state index in [-0.39, 0.29) is 12.6 Å². The molecule has 2 heterocycles. The van der Waals surface area contributed by atoms with Crippen LogP contribution >= 0.6 is 0 Å². The van der Waals surface area contributed by atoms with Gasteiger partial charge in [-0.05, 0) is 26.1 Å². The Morgan fingerprint density at radius 3 is 2.88 bits per heavy atom. The molecule has 0 saturated carbocycles. The predicted octanol–water partition coefficient (Wildman–Crippen LogP) is 0.578. The summed E-state index contributed by atoms with van der Waals surface area (Å²) in [7, 11) is 2.11. The Hall–Kier alpha value is -0.970. The highest BCUT2D eigenvalue weighted by Gasteiger charge is 2.30. The maximum Gasteiger partial charge on any atom is 0.0599 e. The van der Waals surface area contributed by atoms with Crippen LogP contribution in [0.4, 0.5) is 0 Å². The second-order valence-electron chi connectivity index (χ2n) is 4.90. The minimum absolute atomic E-state index is 0.210. The fraction of sp³-hybridized carbons (Fsp3) is 0.615. The molecule has 1 N–H and O–H groups in total. The van der Waals surface area contributed by atoms with Crippen LogP contribution in [-0.2, 0) is 6.54 Å². The van der Waals surface area contributed by atoms with Crippen molar-refractivity contribution in [2.24, 2.45) is 0 Å². The van der Waals surface area contributed by atoms with E-state index in [0.717, 1.165) is 25.3 Å². The van der Waals surface area contributed by atoms with E-state index in [1.165, 1.54) is 0 Å². The Kier molecular flexibility index (Phi) is 4.10. The number of piperazine rings is 1. The third-order valence-electron chi connectivity index (χ3n) is 3.41. The van der Waals surface area contributed by atoms with Gasteiger partial charge in [-0.25, -0.2) is 0 Å². The lowest BCUT2D eigenvalue weighted by molar-refractivity contribution is 0.00778. The van der Waals surface area contributed by atoms with Crippen molar-refractivity contribution in [3.63, 3.8) is 0 Å². The van der Waals surface area contributed by atoms with Gasteiger partial charge in [-0.1, -0.05) is 6.07 Å². The van der Waals surface area contributed by atoms with Gasteiger partial charge in [0.1, 0.15) is 0 Å². The van der Waals surface area contributed by atoms with Gasteiger partial charge in [0, 0.05) is 37.9 Å². The molecule has 0 bridgehead atoms. The van der Waals surface area contributed by atoms with Crippen molar-refractivity contribution in [2.75, 3.05) is 26.7 Å². The zero-order valence-electron chi connectivity index (χ0n) is 10.6. The number of nitrogens with zero attached hydrogens (tertiary/aromatic N) is 3. The minimum Gasteiger partial charge on any atom is -0.395 e. The molecule has 2 unspecified atom stereocenters. The third kappa shape index (κ3) is 3.03. The predicted molar refractivity (Wildman–Crippen MR) is 67.6 cm³/mol. The van der Waals surface area contributed by atoms with Crippen LogP contribution in [0.15, 0.2) is 24.4 Å². The number of aromatic nitrogens is 1. The summed E-state index contributed by atoms with van der Waals surface area (Å²) in [6.07, 6.45) is 1.82. The lowest BCUT2D eigenvalue weighted by atomic mass is 10.1. The van der Waals surface area contributed by atoms with Crippen molar-refractivity contribution < 1.29 is 5.11 Å². The van der Waals surface area contributed by atoms with Crippen LogP contribution in [-0.4, -0.2) is 58.7 Å². The maximum absolute atomic E-state index is 9.49. The highest BCUT2D eigenvalue weighted by molar-refractivity contribution is 5.04. The molecule has 0 radical (unpaired) electrons. The van der Waals surface area contributed by atoms with Gasteiger partial charge in [-0.3, -0.25) is 9.88 Å². The van der Waals surface area contributed by atoms with Gasteiger partial charge in [0.25, 0.3) is 0 Å². The number of pyridine rings is 1. The fourth-order valence-corrected chi connectivity index (χ4v) is 2.58. The topological polar surface area (TPSA) is 39.6 Å². The Labute approximate surface area is 103 Å². The van der Waals surface area contributed by atoms with Gasteiger partial charge in [0.05, 0.1) is 12.3 Å². The SMILES string of the molecule is CC1CN(C)CC(CO)N1Cc1ccccn1. The molecule has 4 nitrogen and oxygen atoms in total. The van der Waals surface area contributed by atoms with E-state index in [4.69, 9.17) is 0 Å². The van der Waals surface area contributed by atoms with Crippen LogP contribution in [0.1, 0.15) is 12.6 Å². The van der Waals surface area contributed by atoms with Crippen molar-refractivity contribution >= 4 is 0 Å². The number of aliphatic hydroxyl groups is 1. The zero-order valence-corrected chi connectivity index (χ0v) is 10.6. The first-order valence-corrected chi connectivity index (χ1v) is 6.15. The zero-order chi connectivity index (χ0) is 12.3. The first kappa shape index (κ1) is 12.5. The number of aliphatic hydroxyl groups excluding tert-OH is 1. The average molecular weight is 235 g/mol. The van der Waals surface area contributed by atoms with E-state index in [2.05, 4.69) is 28.8 Å². The van der Waals surface area contributed by atoms with Crippen molar-refractivity contribution in [2.45, 2.75) is 25.6 Å². The third-order valence-corrected chi connectivity index (χ3v) is 3.41. The molecule has 1 aromatic heterocycles. The van der Waals surface area contributed by atoms with Crippen LogP contribution in [0.2, 0.25) is 0 Å². The van der Waals surface area contributed by atoms with Crippen LogP contribution < -0.4 is 0 Å². The maximum atomic E-state index is 9.49. The molecule has 1 aliphatic rings. The van der Waals surface area contributed by atoms with Gasteiger partial charge >= 0.3 is 0 Å². The van der Waals surface area contributed by atoms with Gasteiger partial charge in [0.2, 0.25) is 0 Å². The lowest BCUT2D eigenvalue weighted by Crippen LogP contribution is -2.57. The highest BCUT2D eigenvalue weighted by atomic mass is 16.3. The molecule has 1 aromatic rings. The number of hydrogen-bond acceptors (Lipinski definition) is 4.